The summed E-state index contributed by atoms with van der Waals surface area (Å²) in [5.41, 5.74) is 5.76. The monoisotopic (exact) mass is 1020 g/mol. The Hall–Kier alpha value is -0.763. The third-order valence-electron chi connectivity index (χ3n) is 13.5. The molecule has 3 heterocycles. The molecule has 3 aromatic heterocycles. The summed E-state index contributed by atoms with van der Waals surface area (Å²) in [5, 5.41) is 2.87. The number of unbranched alkanes of at least 4 members (excludes halogenated alkanes) is 11. The van der Waals surface area contributed by atoms with Gasteiger partial charge in [-0.25, -0.2) is 0 Å². The first-order valence-corrected chi connectivity index (χ1v) is 40.8. The molecule has 0 aliphatic rings. The second-order valence-corrected chi connectivity index (χ2v) is 48.4. The van der Waals surface area contributed by atoms with E-state index >= 15 is 0 Å². The number of hydrogen-bond acceptors (Lipinski definition) is 2. The Balaban J connectivity index is 1.56. The van der Waals surface area contributed by atoms with Crippen molar-refractivity contribution >= 4 is 87.0 Å². The number of benzene rings is 2. The Morgan fingerprint density at radius 1 is 0.386 bits per heavy atom. The standard InChI is InChI=1S/C28H27NS2.6C4H9.2Sn/c1-2-3-4-5-6-7-16-29-25-19-21(27-10-8-17-30-27)12-14-23(25)24-15-13-22(20-26(24)29)28-11-9-18-31-28;6*1-3-4-2;;/h8-15,19-20H,2-7,16H2,1H3;6*1,3-4H2,2H3;;. The van der Waals surface area contributed by atoms with Gasteiger partial charge in [-0.05, 0) is 0 Å². The quantitative estimate of drug-likeness (QED) is 0.0332. The van der Waals surface area contributed by atoms with Crippen LogP contribution in [0.3, 0.4) is 0 Å². The molecule has 5 aromatic rings. The minimum absolute atomic E-state index is 1.11. The van der Waals surface area contributed by atoms with Crippen LogP contribution < -0.4 is 5.79 Å². The van der Waals surface area contributed by atoms with Crippen molar-refractivity contribution in [1.82, 2.24) is 4.57 Å². The first-order valence-electron chi connectivity index (χ1n) is 24.2. The zero-order chi connectivity index (χ0) is 40.5. The molecule has 0 unspecified atom stereocenters. The van der Waals surface area contributed by atoms with Crippen molar-refractivity contribution in [1.29, 1.82) is 0 Å². The number of fused-ring (bicyclic) bond motifs is 3. The van der Waals surface area contributed by atoms with Crippen LogP contribution in [0.2, 0.25) is 26.6 Å². The number of rotatable bonds is 29. The molecule has 0 saturated carbocycles. The topological polar surface area (TPSA) is 4.93 Å². The van der Waals surface area contributed by atoms with Crippen LogP contribution in [0.1, 0.15) is 164 Å². The van der Waals surface area contributed by atoms with E-state index in [-0.39, 0.29) is 0 Å². The van der Waals surface area contributed by atoms with Gasteiger partial charge in [-0.2, -0.15) is 0 Å². The second-order valence-electron chi connectivity index (χ2n) is 17.9. The zero-order valence-electron chi connectivity index (χ0n) is 37.7. The molecule has 0 saturated heterocycles. The average molecular weight is 1020 g/mol. The molecule has 0 radical (unpaired) electrons. The summed E-state index contributed by atoms with van der Waals surface area (Å²) < 4.78 is 15.7. The maximum atomic E-state index is 2.74. The van der Waals surface area contributed by atoms with Crippen molar-refractivity contribution < 1.29 is 0 Å². The fraction of sp³-hybridized carbons (Fsp3) is 0.615. The predicted octanol–water partition coefficient (Wildman–Crippen LogP) is 17.7. The van der Waals surface area contributed by atoms with Gasteiger partial charge < -0.3 is 0 Å². The number of aromatic nitrogens is 1. The van der Waals surface area contributed by atoms with Gasteiger partial charge in [0.15, 0.2) is 0 Å². The van der Waals surface area contributed by atoms with E-state index < -0.39 is 36.8 Å². The molecule has 2 aromatic carbocycles. The minimum atomic E-state index is -2.47. The van der Waals surface area contributed by atoms with Crippen molar-refractivity contribution in [3.8, 4) is 20.9 Å². The van der Waals surface area contributed by atoms with Crippen molar-refractivity contribution in [3.63, 3.8) is 0 Å². The summed E-state index contributed by atoms with van der Waals surface area (Å²) in [7, 11) is 0. The van der Waals surface area contributed by atoms with E-state index in [1.807, 2.05) is 5.79 Å². The molecular weight excluding hydrogens is 940 g/mol. The van der Waals surface area contributed by atoms with Crippen LogP contribution >= 0.6 is 22.7 Å². The average Bonchev–Trinajstić information content (AvgIpc) is 4.01. The van der Waals surface area contributed by atoms with E-state index in [1.165, 1.54) is 158 Å². The van der Waals surface area contributed by atoms with Gasteiger partial charge in [0, 0.05) is 0 Å². The van der Waals surface area contributed by atoms with Crippen molar-refractivity contribution in [2.24, 2.45) is 0 Å². The molecule has 0 fully saturated rings. The Kier molecular flexibility index (Phi) is 20.4. The van der Waals surface area contributed by atoms with Gasteiger partial charge in [0.2, 0.25) is 0 Å². The van der Waals surface area contributed by atoms with Crippen LogP contribution in [0.5, 0.6) is 0 Å². The summed E-state index contributed by atoms with van der Waals surface area (Å²) in [5.74, 6) is 0. The number of aryl methyl sites for hydroxylation is 1. The summed E-state index contributed by atoms with van der Waals surface area (Å²) in [6, 6.07) is 25.4. The van der Waals surface area contributed by atoms with Crippen LogP contribution in [0, 0.1) is 0 Å². The van der Waals surface area contributed by atoms with Gasteiger partial charge in [-0.3, -0.25) is 0 Å². The fourth-order valence-electron chi connectivity index (χ4n) is 9.83. The number of nitrogens with zero attached hydrogens (tertiary/aromatic N) is 1. The normalized spacial score (nSPS) is 12.5. The molecule has 0 spiro atoms. The molecule has 5 rings (SSSR count). The van der Waals surface area contributed by atoms with E-state index in [4.69, 9.17) is 0 Å². The zero-order valence-corrected chi connectivity index (χ0v) is 45.1. The molecule has 0 aliphatic carbocycles. The van der Waals surface area contributed by atoms with E-state index in [2.05, 4.69) is 136 Å². The first-order chi connectivity index (χ1) is 27.9. The van der Waals surface area contributed by atoms with Gasteiger partial charge in [-0.1, -0.05) is 19.8 Å². The van der Waals surface area contributed by atoms with Gasteiger partial charge in [0.05, 0.1) is 0 Å². The Morgan fingerprint density at radius 2 is 0.737 bits per heavy atom. The van der Waals surface area contributed by atoms with Gasteiger partial charge >= 0.3 is 351 Å². The molecule has 1 nitrogen and oxygen atoms in total. The second kappa shape index (κ2) is 24.6. The maximum absolute atomic E-state index is 2.74. The Bertz CT molecular complexity index is 1720. The SMILES string of the molecule is CCCCCCCCn1c2cc(-c3cc[c]([Sn]([CH2]CCC)([CH2]CCC)[CH2]CCC)s3)ccc2c2ccc(-c3cc[c]([Sn]([CH2]CCC)([CH2]CCC)[CH2]CCC)s3)cc21. The molecule has 0 atom stereocenters. The summed E-state index contributed by atoms with van der Waals surface area (Å²) in [4.78, 5) is 3.01. The third-order valence-corrected chi connectivity index (χ3v) is 52.3. The molecular formula is C52H81NS2Sn2. The van der Waals surface area contributed by atoms with E-state index in [9.17, 15) is 0 Å². The summed E-state index contributed by atoms with van der Waals surface area (Å²) >= 11 is -0.539. The van der Waals surface area contributed by atoms with E-state index in [0.717, 1.165) is 6.54 Å². The molecule has 0 bridgehead atoms. The predicted molar refractivity (Wildman–Crippen MR) is 269 cm³/mol. The van der Waals surface area contributed by atoms with Crippen LogP contribution in [0.25, 0.3) is 42.7 Å². The molecule has 5 heteroatoms. The van der Waals surface area contributed by atoms with Crippen LogP contribution in [-0.2, 0) is 6.54 Å². The van der Waals surface area contributed by atoms with Gasteiger partial charge in [0.25, 0.3) is 0 Å². The van der Waals surface area contributed by atoms with Crippen molar-refractivity contribution in [3.05, 3.63) is 60.7 Å². The molecule has 0 amide bonds. The first kappa shape index (κ1) is 47.3. The number of hydrogen-bond donors (Lipinski definition) is 0. The van der Waals surface area contributed by atoms with E-state index in [1.54, 1.807) is 26.6 Å². The van der Waals surface area contributed by atoms with E-state index in [0.29, 0.717) is 0 Å². The molecule has 314 valence electrons. The third kappa shape index (κ3) is 12.2. The van der Waals surface area contributed by atoms with Crippen LogP contribution in [0.15, 0.2) is 60.7 Å². The van der Waals surface area contributed by atoms with Crippen LogP contribution in [-0.4, -0.2) is 41.3 Å². The number of thiophene rings is 2. The fourth-order valence-corrected chi connectivity index (χ4v) is 50.1. The van der Waals surface area contributed by atoms with Gasteiger partial charge in [-0.15, -0.1) is 0 Å². The Labute approximate surface area is 367 Å². The summed E-state index contributed by atoms with van der Waals surface area (Å²) in [6.45, 7) is 17.9. The van der Waals surface area contributed by atoms with Gasteiger partial charge in [0.1, 0.15) is 0 Å². The van der Waals surface area contributed by atoms with Crippen molar-refractivity contribution in [2.45, 2.75) is 197 Å². The summed E-state index contributed by atoms with van der Waals surface area (Å²) in [6.07, 6.45) is 24.6. The molecule has 0 aliphatic heterocycles. The molecule has 57 heavy (non-hydrogen) atoms. The Morgan fingerprint density at radius 3 is 1.11 bits per heavy atom. The van der Waals surface area contributed by atoms with Crippen LogP contribution in [0.4, 0.5) is 0 Å². The van der Waals surface area contributed by atoms with Crippen molar-refractivity contribution in [2.75, 3.05) is 0 Å². The molecule has 0 N–H and O–H groups in total.